The first-order valence-corrected chi connectivity index (χ1v) is 8.85. The molecule has 1 saturated heterocycles. The van der Waals surface area contributed by atoms with Crippen molar-refractivity contribution in [1.82, 2.24) is 10.1 Å². The molecular formula is C13H20N2O4S. The number of carbonyl (C=O) groups is 1. The van der Waals surface area contributed by atoms with E-state index in [1.165, 1.54) is 6.26 Å². The topological polar surface area (TPSA) is 80.5 Å². The molecule has 0 aromatic carbocycles. The van der Waals surface area contributed by atoms with Gasteiger partial charge in [0.1, 0.15) is 9.84 Å². The van der Waals surface area contributed by atoms with Gasteiger partial charge in [0.05, 0.1) is 11.4 Å². The van der Waals surface area contributed by atoms with Crippen LogP contribution in [-0.2, 0) is 9.84 Å². The van der Waals surface area contributed by atoms with Crippen molar-refractivity contribution >= 4 is 15.7 Å². The Hall–Kier alpha value is -1.37. The summed E-state index contributed by atoms with van der Waals surface area (Å²) in [7, 11) is -3.01. The molecule has 20 heavy (non-hydrogen) atoms. The van der Waals surface area contributed by atoms with Crippen molar-refractivity contribution in [1.29, 1.82) is 0 Å². The van der Waals surface area contributed by atoms with Crippen molar-refractivity contribution < 1.29 is 17.7 Å². The molecule has 0 radical (unpaired) electrons. The highest BCUT2D eigenvalue weighted by atomic mass is 32.2. The number of rotatable bonds is 4. The van der Waals surface area contributed by atoms with Crippen molar-refractivity contribution in [3.8, 4) is 0 Å². The lowest BCUT2D eigenvalue weighted by Gasteiger charge is -2.35. The molecule has 6 nitrogen and oxygen atoms in total. The summed E-state index contributed by atoms with van der Waals surface area (Å²) in [4.78, 5) is 14.1. The average Bonchev–Trinajstić information content (AvgIpc) is 2.82. The summed E-state index contributed by atoms with van der Waals surface area (Å²) in [5.74, 6) is 0.147. The van der Waals surface area contributed by atoms with Gasteiger partial charge in [0.25, 0.3) is 5.91 Å². The monoisotopic (exact) mass is 300 g/mol. The number of hydrogen-bond acceptors (Lipinski definition) is 5. The Balaban J connectivity index is 2.08. The zero-order valence-electron chi connectivity index (χ0n) is 11.8. The predicted molar refractivity (Wildman–Crippen MR) is 74.2 cm³/mol. The van der Waals surface area contributed by atoms with E-state index < -0.39 is 9.84 Å². The number of piperidine rings is 1. The van der Waals surface area contributed by atoms with E-state index in [2.05, 4.69) is 5.16 Å². The summed E-state index contributed by atoms with van der Waals surface area (Å²) in [6.07, 6.45) is 4.51. The van der Waals surface area contributed by atoms with Crippen molar-refractivity contribution in [3.05, 3.63) is 17.5 Å². The molecule has 0 bridgehead atoms. The fourth-order valence-corrected chi connectivity index (χ4v) is 3.22. The van der Waals surface area contributed by atoms with Gasteiger partial charge in [-0.3, -0.25) is 4.79 Å². The van der Waals surface area contributed by atoms with E-state index in [-0.39, 0.29) is 23.5 Å². The molecule has 1 aliphatic rings. The maximum absolute atomic E-state index is 12.4. The smallest absolute Gasteiger partial charge is 0.292 e. The summed E-state index contributed by atoms with van der Waals surface area (Å²) in [5, 5.41) is 3.72. The minimum absolute atomic E-state index is 0.0311. The highest BCUT2D eigenvalue weighted by Crippen LogP contribution is 2.22. The number of sulfone groups is 1. The van der Waals surface area contributed by atoms with Crippen LogP contribution in [0.15, 0.2) is 10.6 Å². The number of hydrogen-bond donors (Lipinski definition) is 0. The second kappa shape index (κ2) is 5.95. The van der Waals surface area contributed by atoms with Crippen molar-refractivity contribution in [2.75, 3.05) is 18.6 Å². The molecule has 7 heteroatoms. The zero-order chi connectivity index (χ0) is 14.8. The van der Waals surface area contributed by atoms with Gasteiger partial charge in [0.2, 0.25) is 5.76 Å². The quantitative estimate of drug-likeness (QED) is 0.840. The first kappa shape index (κ1) is 15.0. The van der Waals surface area contributed by atoms with Crippen LogP contribution in [-0.4, -0.2) is 49.0 Å². The Labute approximate surface area is 119 Å². The first-order valence-electron chi connectivity index (χ1n) is 6.79. The van der Waals surface area contributed by atoms with Crippen LogP contribution in [0.1, 0.15) is 41.9 Å². The van der Waals surface area contributed by atoms with Crippen LogP contribution >= 0.6 is 0 Å². The van der Waals surface area contributed by atoms with E-state index in [0.717, 1.165) is 19.3 Å². The third-order valence-corrected chi connectivity index (χ3v) is 4.53. The molecule has 0 N–H and O–H groups in total. The van der Waals surface area contributed by atoms with Crippen LogP contribution in [0.5, 0.6) is 0 Å². The van der Waals surface area contributed by atoms with Gasteiger partial charge >= 0.3 is 0 Å². The Morgan fingerprint density at radius 3 is 2.85 bits per heavy atom. The fraction of sp³-hybridized carbons (Fsp3) is 0.692. The molecule has 1 unspecified atom stereocenters. The average molecular weight is 300 g/mol. The van der Waals surface area contributed by atoms with Crippen molar-refractivity contribution in [2.45, 2.75) is 38.6 Å². The third-order valence-electron chi connectivity index (χ3n) is 3.55. The first-order chi connectivity index (χ1) is 9.37. The minimum Gasteiger partial charge on any atom is -0.351 e. The predicted octanol–water partition coefficient (Wildman–Crippen LogP) is 1.41. The van der Waals surface area contributed by atoms with Crippen LogP contribution in [0.4, 0.5) is 0 Å². The van der Waals surface area contributed by atoms with E-state index in [1.54, 1.807) is 17.9 Å². The molecule has 2 rings (SSSR count). The molecule has 0 aliphatic carbocycles. The molecule has 1 amide bonds. The molecule has 0 saturated carbocycles. The maximum Gasteiger partial charge on any atom is 0.292 e. The molecule has 1 aromatic rings. The molecule has 1 fully saturated rings. The van der Waals surface area contributed by atoms with Gasteiger partial charge in [0.15, 0.2) is 0 Å². The number of carbonyl (C=O) groups excluding carboxylic acids is 1. The maximum atomic E-state index is 12.4. The number of aromatic nitrogens is 1. The fourth-order valence-electron chi connectivity index (χ4n) is 2.52. The van der Waals surface area contributed by atoms with E-state index in [0.29, 0.717) is 18.7 Å². The van der Waals surface area contributed by atoms with E-state index in [1.807, 2.05) is 0 Å². The highest BCUT2D eigenvalue weighted by Gasteiger charge is 2.29. The molecular weight excluding hydrogens is 280 g/mol. The van der Waals surface area contributed by atoms with Crippen molar-refractivity contribution in [3.63, 3.8) is 0 Å². The van der Waals surface area contributed by atoms with Gasteiger partial charge in [-0.15, -0.1) is 0 Å². The summed E-state index contributed by atoms with van der Waals surface area (Å²) >= 11 is 0. The third kappa shape index (κ3) is 3.82. The highest BCUT2D eigenvalue weighted by molar-refractivity contribution is 7.90. The summed E-state index contributed by atoms with van der Waals surface area (Å²) in [6.45, 7) is 2.41. The number of aryl methyl sites for hydroxylation is 1. The van der Waals surface area contributed by atoms with E-state index in [4.69, 9.17) is 4.52 Å². The second-order valence-electron chi connectivity index (χ2n) is 5.40. The van der Waals surface area contributed by atoms with Gasteiger partial charge < -0.3 is 9.42 Å². The van der Waals surface area contributed by atoms with E-state index >= 15 is 0 Å². The van der Waals surface area contributed by atoms with Crippen molar-refractivity contribution in [2.24, 2.45) is 0 Å². The zero-order valence-corrected chi connectivity index (χ0v) is 12.6. The van der Waals surface area contributed by atoms with Gasteiger partial charge in [-0.1, -0.05) is 5.16 Å². The molecule has 1 aliphatic heterocycles. The molecule has 2 heterocycles. The number of nitrogens with zero attached hydrogens (tertiary/aromatic N) is 2. The van der Waals surface area contributed by atoms with Crippen LogP contribution in [0, 0.1) is 6.92 Å². The molecule has 1 atom stereocenters. The lowest BCUT2D eigenvalue weighted by molar-refractivity contribution is 0.0567. The minimum atomic E-state index is -3.01. The van der Waals surface area contributed by atoms with Crippen LogP contribution in [0.25, 0.3) is 0 Å². The van der Waals surface area contributed by atoms with Crippen LogP contribution < -0.4 is 0 Å². The van der Waals surface area contributed by atoms with Gasteiger partial charge in [-0.05, 0) is 32.6 Å². The normalized spacial score (nSPS) is 20.1. The summed E-state index contributed by atoms with van der Waals surface area (Å²) in [6, 6.07) is 1.58. The summed E-state index contributed by atoms with van der Waals surface area (Å²) in [5.41, 5.74) is 0.665. The number of amides is 1. The number of likely N-dealkylation sites (tertiary alicyclic amines) is 1. The molecule has 1 aromatic heterocycles. The lowest BCUT2D eigenvalue weighted by Crippen LogP contribution is -2.44. The largest absolute Gasteiger partial charge is 0.351 e. The standard InChI is InChI=1S/C13H20N2O4S/c1-10-9-12(19-14-10)13(16)15-7-4-3-5-11(15)6-8-20(2,17)18/h9,11H,3-8H2,1-2H3. The Bertz CT molecular complexity index is 579. The summed E-state index contributed by atoms with van der Waals surface area (Å²) < 4.78 is 27.6. The Morgan fingerprint density at radius 1 is 1.50 bits per heavy atom. The van der Waals surface area contributed by atoms with E-state index in [9.17, 15) is 13.2 Å². The van der Waals surface area contributed by atoms with Crippen LogP contribution in [0.3, 0.4) is 0 Å². The Morgan fingerprint density at radius 2 is 2.25 bits per heavy atom. The Kier molecular flexibility index (Phi) is 4.47. The molecule has 0 spiro atoms. The molecule has 112 valence electrons. The van der Waals surface area contributed by atoms with Gasteiger partial charge in [-0.25, -0.2) is 8.42 Å². The van der Waals surface area contributed by atoms with Gasteiger partial charge in [0, 0.05) is 24.9 Å². The lowest BCUT2D eigenvalue weighted by atomic mass is 9.99. The van der Waals surface area contributed by atoms with Gasteiger partial charge in [-0.2, -0.15) is 0 Å². The SMILES string of the molecule is Cc1cc(C(=O)N2CCCCC2CCS(C)(=O)=O)on1. The van der Waals surface area contributed by atoms with Crippen LogP contribution in [0.2, 0.25) is 0 Å². The second-order valence-corrected chi connectivity index (χ2v) is 7.66.